The van der Waals surface area contributed by atoms with Gasteiger partial charge in [0.05, 0.1) is 0 Å². The van der Waals surface area contributed by atoms with Gasteiger partial charge in [0.1, 0.15) is 0 Å². The molecule has 0 unspecified atom stereocenters. The van der Waals surface area contributed by atoms with Crippen molar-refractivity contribution in [3.63, 3.8) is 0 Å². The monoisotopic (exact) mass is 100 g/mol. The first-order valence-corrected chi connectivity index (χ1v) is 3.49. The molecule has 2 heteroatoms. The molecule has 0 heterocycles. The Morgan fingerprint density at radius 1 is 1.67 bits per heavy atom. The van der Waals surface area contributed by atoms with E-state index in [1.54, 1.807) is 0 Å². The van der Waals surface area contributed by atoms with E-state index >= 15 is 0 Å². The molecule has 0 aromatic carbocycles. The van der Waals surface area contributed by atoms with Crippen LogP contribution in [0.3, 0.4) is 0 Å². The summed E-state index contributed by atoms with van der Waals surface area (Å²) in [7, 11) is 0. The summed E-state index contributed by atoms with van der Waals surface area (Å²) in [5.41, 5.74) is 0. The molecule has 0 N–H and O–H groups in total. The van der Waals surface area contributed by atoms with Crippen LogP contribution >= 0.6 is 0 Å². The van der Waals surface area contributed by atoms with E-state index in [0.717, 1.165) is 5.28 Å². The number of hydrogen-bond acceptors (Lipinski definition) is 1. The van der Waals surface area contributed by atoms with E-state index in [1.165, 1.54) is 0 Å². The second kappa shape index (κ2) is 3.52. The fourth-order valence-corrected chi connectivity index (χ4v) is 0.577. The molecule has 0 aliphatic heterocycles. The molecule has 0 fully saturated rings. The normalized spacial score (nSPS) is 8.50. The minimum absolute atomic E-state index is 0.498. The predicted molar refractivity (Wildman–Crippen MR) is 26.1 cm³/mol. The van der Waals surface area contributed by atoms with Crippen molar-refractivity contribution in [2.24, 2.45) is 5.92 Å². The van der Waals surface area contributed by atoms with Crippen molar-refractivity contribution in [3.05, 3.63) is 0 Å². The summed E-state index contributed by atoms with van der Waals surface area (Å²) < 4.78 is 9.82. The Kier molecular flexibility index (Phi) is 3.72. The van der Waals surface area contributed by atoms with Gasteiger partial charge in [-0.25, -0.2) is 0 Å². The minimum atomic E-state index is -0.498. The first kappa shape index (κ1) is 6.33. The van der Waals surface area contributed by atoms with Gasteiger partial charge in [0.15, 0.2) is 0 Å². The molecule has 0 aromatic heterocycles. The Bertz CT molecular complexity index is 42.8. The molecular weight excluding hydrogens is 91.0 g/mol. The maximum absolute atomic E-state index is 9.82. The van der Waals surface area contributed by atoms with Crippen molar-refractivity contribution in [3.8, 4) is 0 Å². The molecule has 0 aromatic rings. The van der Waals surface area contributed by atoms with Crippen LogP contribution in [0.5, 0.6) is 0 Å². The SMILES string of the molecule is CC(C)[CH2][Al]=[O]. The van der Waals surface area contributed by atoms with E-state index in [9.17, 15) is 3.80 Å². The van der Waals surface area contributed by atoms with E-state index in [2.05, 4.69) is 13.8 Å². The topological polar surface area (TPSA) is 17.1 Å². The van der Waals surface area contributed by atoms with Gasteiger partial charge in [0.2, 0.25) is 0 Å². The molecular formula is C4H9AlO. The van der Waals surface area contributed by atoms with Crippen LogP contribution in [0, 0.1) is 5.92 Å². The Morgan fingerprint density at radius 2 is 2.17 bits per heavy atom. The Balaban J connectivity index is 2.81. The van der Waals surface area contributed by atoms with E-state index in [4.69, 9.17) is 0 Å². The van der Waals surface area contributed by atoms with Crippen LogP contribution in [0.1, 0.15) is 13.8 Å². The molecule has 0 saturated carbocycles. The van der Waals surface area contributed by atoms with Gasteiger partial charge in [-0.2, -0.15) is 0 Å². The van der Waals surface area contributed by atoms with Crippen LogP contribution in [0.4, 0.5) is 0 Å². The van der Waals surface area contributed by atoms with Crippen LogP contribution < -0.4 is 0 Å². The summed E-state index contributed by atoms with van der Waals surface area (Å²) in [6.07, 6.45) is 0. The summed E-state index contributed by atoms with van der Waals surface area (Å²) >= 11 is -0.498. The van der Waals surface area contributed by atoms with Crippen LogP contribution in [0.2, 0.25) is 5.28 Å². The van der Waals surface area contributed by atoms with E-state index in [-0.39, 0.29) is 0 Å². The molecule has 0 aliphatic carbocycles. The van der Waals surface area contributed by atoms with Crippen molar-refractivity contribution >= 4 is 15.2 Å². The van der Waals surface area contributed by atoms with Crippen molar-refractivity contribution < 1.29 is 3.80 Å². The molecule has 0 atom stereocenters. The summed E-state index contributed by atoms with van der Waals surface area (Å²) in [4.78, 5) is 0. The average molecular weight is 100 g/mol. The van der Waals surface area contributed by atoms with Crippen LogP contribution in [0.15, 0.2) is 0 Å². The zero-order valence-corrected chi connectivity index (χ0v) is 5.42. The zero-order chi connectivity index (χ0) is 4.99. The third-order valence-corrected chi connectivity index (χ3v) is 1.70. The Morgan fingerprint density at radius 3 is 2.17 bits per heavy atom. The zero-order valence-electron chi connectivity index (χ0n) is 4.27. The van der Waals surface area contributed by atoms with Gasteiger partial charge < -0.3 is 0 Å². The Labute approximate surface area is 44.7 Å². The summed E-state index contributed by atoms with van der Waals surface area (Å²) in [6.45, 7) is 4.15. The quantitative estimate of drug-likeness (QED) is 0.475. The van der Waals surface area contributed by atoms with Gasteiger partial charge in [0.25, 0.3) is 0 Å². The maximum atomic E-state index is 9.82. The molecule has 6 heavy (non-hydrogen) atoms. The van der Waals surface area contributed by atoms with Crippen molar-refractivity contribution in [1.82, 2.24) is 0 Å². The van der Waals surface area contributed by atoms with E-state index in [1.807, 2.05) is 0 Å². The molecule has 0 bridgehead atoms. The molecule has 0 amide bonds. The fourth-order valence-electron chi connectivity index (χ4n) is 0.192. The molecule has 0 spiro atoms. The molecule has 34 valence electrons. The standard InChI is InChI=1S/C4H9.Al.O/c1-4(2)3;;/h4H,1H2,2-3H3;;. The molecule has 0 aliphatic rings. The summed E-state index contributed by atoms with van der Waals surface area (Å²) in [5, 5.41) is 0.903. The van der Waals surface area contributed by atoms with Crippen LogP contribution in [-0.4, -0.2) is 15.2 Å². The third-order valence-electron chi connectivity index (χ3n) is 0.568. The third kappa shape index (κ3) is 4.33. The second-order valence-corrected chi connectivity index (χ2v) is 2.60. The molecule has 0 radical (unpaired) electrons. The van der Waals surface area contributed by atoms with Gasteiger partial charge in [0, 0.05) is 0 Å². The fraction of sp³-hybridized carbons (Fsp3) is 1.00. The second-order valence-electron chi connectivity index (χ2n) is 1.80. The van der Waals surface area contributed by atoms with Gasteiger partial charge in [-0.15, -0.1) is 0 Å². The van der Waals surface area contributed by atoms with Crippen molar-refractivity contribution in [2.45, 2.75) is 19.1 Å². The summed E-state index contributed by atoms with van der Waals surface area (Å²) in [5.74, 6) is 0.623. The first-order chi connectivity index (χ1) is 2.77. The van der Waals surface area contributed by atoms with Gasteiger partial charge in [-0.05, 0) is 0 Å². The molecule has 0 rings (SSSR count). The summed E-state index contributed by atoms with van der Waals surface area (Å²) in [6, 6.07) is 0. The number of rotatable bonds is 2. The van der Waals surface area contributed by atoms with Crippen LogP contribution in [-0.2, 0) is 3.80 Å². The van der Waals surface area contributed by atoms with Gasteiger partial charge >= 0.3 is 44.0 Å². The van der Waals surface area contributed by atoms with Crippen LogP contribution in [0.25, 0.3) is 0 Å². The van der Waals surface area contributed by atoms with Crippen molar-refractivity contribution in [2.75, 3.05) is 0 Å². The Hall–Kier alpha value is 0.332. The first-order valence-electron chi connectivity index (χ1n) is 2.21. The van der Waals surface area contributed by atoms with E-state index < -0.39 is 15.2 Å². The number of hydrogen-bond donors (Lipinski definition) is 0. The molecule has 1 nitrogen and oxygen atoms in total. The van der Waals surface area contributed by atoms with Gasteiger partial charge in [-0.1, -0.05) is 0 Å². The van der Waals surface area contributed by atoms with Gasteiger partial charge in [-0.3, -0.25) is 0 Å². The van der Waals surface area contributed by atoms with Crippen molar-refractivity contribution in [1.29, 1.82) is 0 Å². The molecule has 0 saturated heterocycles. The van der Waals surface area contributed by atoms with E-state index in [0.29, 0.717) is 5.92 Å². The predicted octanol–water partition coefficient (Wildman–Crippen LogP) is 1.11. The average Bonchev–Trinajstić information content (AvgIpc) is 1.35.